The zero-order valence-corrected chi connectivity index (χ0v) is 9.28. The molecule has 2 aromatic rings. The number of hydrogen-bond donors (Lipinski definition) is 2. The highest BCUT2D eigenvalue weighted by Gasteiger charge is 2.25. The van der Waals surface area contributed by atoms with Crippen molar-refractivity contribution in [2.75, 3.05) is 0 Å². The minimum absolute atomic E-state index is 0.116. The van der Waals surface area contributed by atoms with Crippen LogP contribution < -0.4 is 5.73 Å². The first-order valence-corrected chi connectivity index (χ1v) is 5.66. The molecule has 1 heterocycles. The summed E-state index contributed by atoms with van der Waals surface area (Å²) in [6.07, 6.45) is 2.34. The lowest BCUT2D eigenvalue weighted by atomic mass is 10.2. The Balaban J connectivity index is 2.22. The summed E-state index contributed by atoms with van der Waals surface area (Å²) in [6.45, 7) is 0.713. The maximum Gasteiger partial charge on any atom is 0.149 e. The first-order chi connectivity index (χ1) is 8.16. The molecule has 1 aliphatic carbocycles. The van der Waals surface area contributed by atoms with Crippen molar-refractivity contribution < 1.29 is 4.39 Å². The number of amidine groups is 1. The van der Waals surface area contributed by atoms with Crippen LogP contribution in [-0.4, -0.2) is 15.6 Å². The van der Waals surface area contributed by atoms with Gasteiger partial charge in [0.15, 0.2) is 0 Å². The van der Waals surface area contributed by atoms with Crippen molar-refractivity contribution in [3.63, 3.8) is 0 Å². The summed E-state index contributed by atoms with van der Waals surface area (Å²) < 4.78 is 15.5. The molecule has 5 heteroatoms. The molecule has 0 atom stereocenters. The van der Waals surface area contributed by atoms with Gasteiger partial charge in [0.1, 0.15) is 22.9 Å². The lowest BCUT2D eigenvalue weighted by Crippen LogP contribution is -2.13. The fourth-order valence-electron chi connectivity index (χ4n) is 2.07. The Morgan fingerprint density at radius 3 is 2.94 bits per heavy atom. The van der Waals surface area contributed by atoms with Gasteiger partial charge in [0.25, 0.3) is 0 Å². The zero-order chi connectivity index (χ0) is 12.0. The van der Waals surface area contributed by atoms with E-state index in [-0.39, 0.29) is 11.7 Å². The number of nitrogens with two attached hydrogens (primary N) is 1. The number of rotatable bonds is 3. The van der Waals surface area contributed by atoms with E-state index in [9.17, 15) is 4.39 Å². The van der Waals surface area contributed by atoms with E-state index >= 15 is 0 Å². The molecule has 0 unspecified atom stereocenters. The third-order valence-corrected chi connectivity index (χ3v) is 3.10. The average molecular weight is 232 g/mol. The lowest BCUT2D eigenvalue weighted by molar-refractivity contribution is 0.559. The van der Waals surface area contributed by atoms with Crippen LogP contribution in [0.2, 0.25) is 0 Å². The number of nitrogen functional groups attached to an aromatic ring is 1. The number of para-hydroxylation sites is 1. The monoisotopic (exact) mass is 232 g/mol. The van der Waals surface area contributed by atoms with E-state index in [0.29, 0.717) is 29.1 Å². The smallest absolute Gasteiger partial charge is 0.149 e. The molecule has 0 radical (unpaired) electrons. The van der Waals surface area contributed by atoms with Gasteiger partial charge in [0, 0.05) is 11.9 Å². The van der Waals surface area contributed by atoms with Gasteiger partial charge in [0.2, 0.25) is 0 Å². The second kappa shape index (κ2) is 3.55. The number of halogens is 1. The molecule has 1 saturated carbocycles. The fourth-order valence-corrected chi connectivity index (χ4v) is 2.07. The number of nitrogens with zero attached hydrogens (tertiary/aromatic N) is 2. The summed E-state index contributed by atoms with van der Waals surface area (Å²) in [6, 6.07) is 4.79. The lowest BCUT2D eigenvalue weighted by Gasteiger charge is -2.01. The Morgan fingerprint density at radius 1 is 1.53 bits per heavy atom. The number of fused-ring (bicyclic) bond motifs is 1. The molecule has 0 bridgehead atoms. The molecule has 0 aliphatic heterocycles. The molecule has 0 spiro atoms. The van der Waals surface area contributed by atoms with Gasteiger partial charge in [-0.25, -0.2) is 4.39 Å². The largest absolute Gasteiger partial charge is 0.382 e. The van der Waals surface area contributed by atoms with Gasteiger partial charge in [-0.15, -0.1) is 0 Å². The van der Waals surface area contributed by atoms with Crippen LogP contribution in [0.5, 0.6) is 0 Å². The van der Waals surface area contributed by atoms with Crippen LogP contribution in [0.1, 0.15) is 18.5 Å². The van der Waals surface area contributed by atoms with Gasteiger partial charge in [-0.2, -0.15) is 5.10 Å². The fraction of sp³-hybridized carbons (Fsp3) is 0.333. The summed E-state index contributed by atoms with van der Waals surface area (Å²) in [7, 11) is 0. The van der Waals surface area contributed by atoms with Crippen LogP contribution in [0.15, 0.2) is 18.2 Å². The minimum atomic E-state index is -0.303. The molecule has 4 nitrogen and oxygen atoms in total. The number of benzene rings is 1. The van der Waals surface area contributed by atoms with Crippen molar-refractivity contribution in [3.8, 4) is 0 Å². The minimum Gasteiger partial charge on any atom is -0.382 e. The van der Waals surface area contributed by atoms with E-state index in [1.54, 1.807) is 16.8 Å². The second-order valence-electron chi connectivity index (χ2n) is 4.52. The predicted octanol–water partition coefficient (Wildman–Crippen LogP) is 1.87. The van der Waals surface area contributed by atoms with Gasteiger partial charge in [-0.1, -0.05) is 12.1 Å². The highest BCUT2D eigenvalue weighted by atomic mass is 19.1. The number of nitrogens with one attached hydrogen (secondary N) is 1. The quantitative estimate of drug-likeness (QED) is 0.626. The third kappa shape index (κ3) is 1.67. The van der Waals surface area contributed by atoms with Crippen molar-refractivity contribution in [1.29, 1.82) is 5.41 Å². The van der Waals surface area contributed by atoms with Crippen molar-refractivity contribution >= 4 is 16.7 Å². The van der Waals surface area contributed by atoms with E-state index in [1.807, 2.05) is 0 Å². The maximum absolute atomic E-state index is 13.8. The van der Waals surface area contributed by atoms with Crippen molar-refractivity contribution in [2.24, 2.45) is 11.7 Å². The summed E-state index contributed by atoms with van der Waals surface area (Å²) >= 11 is 0. The SMILES string of the molecule is N=C(N)c1nn(CC2CC2)c2c(F)cccc12. The molecule has 1 fully saturated rings. The van der Waals surface area contributed by atoms with E-state index in [1.165, 1.54) is 18.9 Å². The molecule has 88 valence electrons. The van der Waals surface area contributed by atoms with Crippen LogP contribution in [0.25, 0.3) is 10.9 Å². The Hall–Kier alpha value is -1.91. The molecule has 3 rings (SSSR count). The van der Waals surface area contributed by atoms with Gasteiger partial charge in [-0.05, 0) is 24.8 Å². The molecule has 1 aliphatic rings. The van der Waals surface area contributed by atoms with Gasteiger partial charge in [-0.3, -0.25) is 10.1 Å². The molecule has 1 aromatic carbocycles. The van der Waals surface area contributed by atoms with E-state index in [2.05, 4.69) is 5.10 Å². The Bertz CT molecular complexity index is 598. The van der Waals surface area contributed by atoms with Crippen molar-refractivity contribution in [2.45, 2.75) is 19.4 Å². The topological polar surface area (TPSA) is 67.7 Å². The van der Waals surface area contributed by atoms with Crippen molar-refractivity contribution in [3.05, 3.63) is 29.7 Å². The number of aromatic nitrogens is 2. The highest BCUT2D eigenvalue weighted by Crippen LogP contribution is 2.32. The molecular formula is C12H13FN4. The van der Waals surface area contributed by atoms with Crippen molar-refractivity contribution in [1.82, 2.24) is 9.78 Å². The average Bonchev–Trinajstić information content (AvgIpc) is 2.99. The molecule has 1 aromatic heterocycles. The van der Waals surface area contributed by atoms with E-state index in [4.69, 9.17) is 11.1 Å². The second-order valence-corrected chi connectivity index (χ2v) is 4.52. The van der Waals surface area contributed by atoms with Gasteiger partial charge < -0.3 is 5.73 Å². The Labute approximate surface area is 97.7 Å². The highest BCUT2D eigenvalue weighted by molar-refractivity contribution is 6.05. The zero-order valence-electron chi connectivity index (χ0n) is 9.28. The third-order valence-electron chi connectivity index (χ3n) is 3.10. The predicted molar refractivity (Wildman–Crippen MR) is 63.4 cm³/mol. The molecule has 17 heavy (non-hydrogen) atoms. The van der Waals surface area contributed by atoms with Gasteiger partial charge in [0.05, 0.1) is 0 Å². The number of hydrogen-bond acceptors (Lipinski definition) is 2. The molecule has 0 saturated heterocycles. The summed E-state index contributed by atoms with van der Waals surface area (Å²) in [4.78, 5) is 0. The first kappa shape index (κ1) is 10.3. The first-order valence-electron chi connectivity index (χ1n) is 5.66. The normalized spacial score (nSPS) is 15.4. The van der Waals surface area contributed by atoms with Gasteiger partial charge >= 0.3 is 0 Å². The standard InChI is InChI=1S/C12H13FN4/c13-9-3-1-2-8-10(12(14)15)16-17(11(8)9)6-7-4-5-7/h1-3,7H,4-6H2,(H3,14,15). The van der Waals surface area contributed by atoms with Crippen LogP contribution in [0, 0.1) is 17.1 Å². The maximum atomic E-state index is 13.8. The molecule has 0 amide bonds. The van der Waals surface area contributed by atoms with E-state index in [0.717, 1.165) is 0 Å². The van der Waals surface area contributed by atoms with Crippen LogP contribution in [0.3, 0.4) is 0 Å². The summed E-state index contributed by atoms with van der Waals surface area (Å²) in [5, 5.41) is 12.4. The molecular weight excluding hydrogens is 219 g/mol. The summed E-state index contributed by atoms with van der Waals surface area (Å²) in [5.74, 6) is 0.177. The van der Waals surface area contributed by atoms with E-state index < -0.39 is 0 Å². The molecule has 3 N–H and O–H groups in total. The van der Waals surface area contributed by atoms with Crippen LogP contribution in [0.4, 0.5) is 4.39 Å². The van der Waals surface area contributed by atoms with Crippen LogP contribution in [-0.2, 0) is 6.54 Å². The van der Waals surface area contributed by atoms with Crippen LogP contribution >= 0.6 is 0 Å². The Kier molecular flexibility index (Phi) is 2.14. The Morgan fingerprint density at radius 2 is 2.29 bits per heavy atom. The summed E-state index contributed by atoms with van der Waals surface area (Å²) in [5.41, 5.74) is 6.31.